The molecule has 0 aliphatic carbocycles. The van der Waals surface area contributed by atoms with Crippen LogP contribution < -0.4 is 5.32 Å². The Balaban J connectivity index is 1.80. The summed E-state index contributed by atoms with van der Waals surface area (Å²) in [5.41, 5.74) is 1.89. The summed E-state index contributed by atoms with van der Waals surface area (Å²) in [6, 6.07) is 3.58. The van der Waals surface area contributed by atoms with E-state index >= 15 is 0 Å². The molecule has 0 unspecified atom stereocenters. The van der Waals surface area contributed by atoms with E-state index in [4.69, 9.17) is 11.6 Å². The molecule has 0 aliphatic heterocycles. The zero-order valence-corrected chi connectivity index (χ0v) is 13.8. The van der Waals surface area contributed by atoms with Crippen molar-refractivity contribution >= 4 is 34.1 Å². The molecular weight excluding hydrogens is 320 g/mol. The van der Waals surface area contributed by atoms with Crippen molar-refractivity contribution in [3.63, 3.8) is 0 Å². The van der Waals surface area contributed by atoms with Crippen LogP contribution in [0.2, 0.25) is 5.02 Å². The molecule has 0 fully saturated rings. The summed E-state index contributed by atoms with van der Waals surface area (Å²) in [6.45, 7) is 4.99. The summed E-state index contributed by atoms with van der Waals surface area (Å²) in [4.78, 5) is 8.68. The fourth-order valence-corrected chi connectivity index (χ4v) is 2.73. The molecule has 6 nitrogen and oxygen atoms in total. The molecule has 0 aliphatic rings. The second kappa shape index (κ2) is 6.41. The lowest BCUT2D eigenvalue weighted by molar-refractivity contribution is 0.598. The first-order valence-corrected chi connectivity index (χ1v) is 8.07. The first-order chi connectivity index (χ1) is 10.7. The lowest BCUT2D eigenvalue weighted by Gasteiger charge is -1.99. The Hall–Kier alpha value is -1.99. The summed E-state index contributed by atoms with van der Waals surface area (Å²) in [6.07, 6.45) is 4.62. The summed E-state index contributed by atoms with van der Waals surface area (Å²) in [7, 11) is 0. The quantitative estimate of drug-likeness (QED) is 0.766. The SMILES string of the molecule is CCCn1cc(-c2nsc(Nc3ccc(Cl)cn3)n2)c(C)n1. The maximum Gasteiger partial charge on any atom is 0.208 e. The Morgan fingerprint density at radius 3 is 2.95 bits per heavy atom. The van der Waals surface area contributed by atoms with Gasteiger partial charge in [0.25, 0.3) is 0 Å². The van der Waals surface area contributed by atoms with E-state index < -0.39 is 0 Å². The molecule has 0 aromatic carbocycles. The van der Waals surface area contributed by atoms with Gasteiger partial charge >= 0.3 is 0 Å². The van der Waals surface area contributed by atoms with Gasteiger partial charge in [-0.3, -0.25) is 4.68 Å². The van der Waals surface area contributed by atoms with Crippen molar-refractivity contribution in [2.45, 2.75) is 26.8 Å². The van der Waals surface area contributed by atoms with E-state index in [9.17, 15) is 0 Å². The largest absolute Gasteiger partial charge is 0.315 e. The first kappa shape index (κ1) is 14.9. The molecule has 3 aromatic heterocycles. The molecule has 22 heavy (non-hydrogen) atoms. The number of aromatic nitrogens is 5. The van der Waals surface area contributed by atoms with Gasteiger partial charge in [-0.25, -0.2) is 4.98 Å². The molecule has 0 atom stereocenters. The standard InChI is InChI=1S/C14H15ClN6S/c1-3-6-21-8-11(9(2)19-21)13-18-14(22-20-13)17-12-5-4-10(15)7-16-12/h4-5,7-8H,3,6H2,1-2H3,(H,16,17,18,20). The van der Waals surface area contributed by atoms with Crippen molar-refractivity contribution < 1.29 is 0 Å². The Morgan fingerprint density at radius 2 is 2.23 bits per heavy atom. The normalized spacial score (nSPS) is 10.9. The molecule has 0 saturated heterocycles. The fraction of sp³-hybridized carbons (Fsp3) is 0.286. The van der Waals surface area contributed by atoms with E-state index in [1.807, 2.05) is 17.8 Å². The van der Waals surface area contributed by atoms with E-state index in [2.05, 4.69) is 31.7 Å². The minimum atomic E-state index is 0.600. The number of halogens is 1. The lowest BCUT2D eigenvalue weighted by Crippen LogP contribution is -1.96. The molecule has 0 amide bonds. The van der Waals surface area contributed by atoms with Crippen LogP contribution in [-0.2, 0) is 6.54 Å². The van der Waals surface area contributed by atoms with Gasteiger partial charge in [0.15, 0.2) is 5.82 Å². The van der Waals surface area contributed by atoms with Crippen molar-refractivity contribution in [3.05, 3.63) is 35.2 Å². The predicted octanol–water partition coefficient (Wildman–Crippen LogP) is 3.91. The molecule has 0 saturated carbocycles. The third kappa shape index (κ3) is 3.26. The average Bonchev–Trinajstić information content (AvgIpc) is 3.09. The van der Waals surface area contributed by atoms with Crippen LogP contribution in [0.15, 0.2) is 24.5 Å². The molecular formula is C14H15ClN6S. The van der Waals surface area contributed by atoms with Crippen molar-refractivity contribution in [2.24, 2.45) is 0 Å². The van der Waals surface area contributed by atoms with Crippen molar-refractivity contribution in [2.75, 3.05) is 5.32 Å². The maximum atomic E-state index is 5.82. The highest BCUT2D eigenvalue weighted by Crippen LogP contribution is 2.25. The summed E-state index contributed by atoms with van der Waals surface area (Å²) >= 11 is 7.11. The van der Waals surface area contributed by atoms with Gasteiger partial charge < -0.3 is 5.32 Å². The summed E-state index contributed by atoms with van der Waals surface area (Å²) in [5.74, 6) is 1.37. The van der Waals surface area contributed by atoms with Crippen LogP contribution in [0.25, 0.3) is 11.4 Å². The highest BCUT2D eigenvalue weighted by atomic mass is 35.5. The molecule has 0 spiro atoms. The molecule has 3 heterocycles. The van der Waals surface area contributed by atoms with E-state index in [0.29, 0.717) is 21.8 Å². The summed E-state index contributed by atoms with van der Waals surface area (Å²) < 4.78 is 6.33. The maximum absolute atomic E-state index is 5.82. The van der Waals surface area contributed by atoms with E-state index in [1.165, 1.54) is 11.5 Å². The van der Waals surface area contributed by atoms with Gasteiger partial charge in [-0.2, -0.15) is 14.5 Å². The zero-order chi connectivity index (χ0) is 15.5. The molecule has 3 aromatic rings. The Kier molecular flexibility index (Phi) is 4.35. The lowest BCUT2D eigenvalue weighted by atomic mass is 10.2. The van der Waals surface area contributed by atoms with Gasteiger partial charge in [-0.05, 0) is 25.5 Å². The highest BCUT2D eigenvalue weighted by molar-refractivity contribution is 7.09. The zero-order valence-electron chi connectivity index (χ0n) is 12.2. The van der Waals surface area contributed by atoms with Crippen molar-refractivity contribution in [1.82, 2.24) is 24.1 Å². The Morgan fingerprint density at radius 1 is 1.36 bits per heavy atom. The number of anilines is 2. The van der Waals surface area contributed by atoms with Crippen LogP contribution in [0.3, 0.4) is 0 Å². The van der Waals surface area contributed by atoms with E-state index in [-0.39, 0.29) is 0 Å². The molecule has 1 N–H and O–H groups in total. The first-order valence-electron chi connectivity index (χ1n) is 6.92. The molecule has 114 valence electrons. The number of nitrogens with one attached hydrogen (secondary N) is 1. The number of aryl methyl sites for hydroxylation is 2. The second-order valence-corrected chi connectivity index (χ2v) is 5.99. The third-order valence-electron chi connectivity index (χ3n) is 3.03. The van der Waals surface area contributed by atoms with Gasteiger partial charge in [0.05, 0.1) is 16.3 Å². The third-order valence-corrected chi connectivity index (χ3v) is 3.88. The van der Waals surface area contributed by atoms with Crippen molar-refractivity contribution in [1.29, 1.82) is 0 Å². The van der Waals surface area contributed by atoms with Gasteiger partial charge in [-0.15, -0.1) is 0 Å². The number of pyridine rings is 1. The number of hydrogen-bond donors (Lipinski definition) is 1. The van der Waals surface area contributed by atoms with Crippen LogP contribution in [-0.4, -0.2) is 24.1 Å². The molecule has 8 heteroatoms. The predicted molar refractivity (Wildman–Crippen MR) is 88.7 cm³/mol. The minimum absolute atomic E-state index is 0.600. The van der Waals surface area contributed by atoms with Crippen LogP contribution in [0.5, 0.6) is 0 Å². The van der Waals surface area contributed by atoms with Gasteiger partial charge in [0.1, 0.15) is 5.82 Å². The van der Waals surface area contributed by atoms with Gasteiger partial charge in [0.2, 0.25) is 5.13 Å². The van der Waals surface area contributed by atoms with Gasteiger partial charge in [0, 0.05) is 30.5 Å². The van der Waals surface area contributed by atoms with Crippen molar-refractivity contribution in [3.8, 4) is 11.4 Å². The van der Waals surface area contributed by atoms with Crippen LogP contribution in [0.1, 0.15) is 19.0 Å². The highest BCUT2D eigenvalue weighted by Gasteiger charge is 2.13. The monoisotopic (exact) mass is 334 g/mol. The Labute approximate surface area is 137 Å². The fourth-order valence-electron chi connectivity index (χ4n) is 2.02. The van der Waals surface area contributed by atoms with Gasteiger partial charge in [-0.1, -0.05) is 18.5 Å². The average molecular weight is 335 g/mol. The van der Waals surface area contributed by atoms with Crippen LogP contribution >= 0.6 is 23.1 Å². The molecule has 0 radical (unpaired) electrons. The number of rotatable bonds is 5. The smallest absolute Gasteiger partial charge is 0.208 e. The number of hydrogen-bond acceptors (Lipinski definition) is 6. The summed E-state index contributed by atoms with van der Waals surface area (Å²) in [5, 5.41) is 8.88. The minimum Gasteiger partial charge on any atom is -0.315 e. The Bertz CT molecular complexity index is 764. The topological polar surface area (TPSA) is 68.5 Å². The van der Waals surface area contributed by atoms with Crippen LogP contribution in [0, 0.1) is 6.92 Å². The van der Waals surface area contributed by atoms with Crippen LogP contribution in [0.4, 0.5) is 10.9 Å². The number of nitrogens with zero attached hydrogens (tertiary/aromatic N) is 5. The second-order valence-electron chi connectivity index (χ2n) is 4.80. The molecule has 3 rings (SSSR count). The van der Waals surface area contributed by atoms with E-state index in [1.54, 1.807) is 18.3 Å². The van der Waals surface area contributed by atoms with E-state index in [0.717, 1.165) is 24.2 Å². The molecule has 0 bridgehead atoms.